The molecule has 0 aromatic carbocycles. The van der Waals surface area contributed by atoms with E-state index in [1.54, 1.807) is 36.3 Å². The lowest BCUT2D eigenvalue weighted by Gasteiger charge is -2.37. The van der Waals surface area contributed by atoms with Crippen molar-refractivity contribution in [3.63, 3.8) is 0 Å². The third-order valence-corrected chi connectivity index (χ3v) is 3.53. The average molecular weight is 253 g/mol. The number of rotatable bonds is 3. The average Bonchev–Trinajstić information content (AvgIpc) is 2.73. The van der Waals surface area contributed by atoms with E-state index in [4.69, 9.17) is 0 Å². The molecular formula is C11H15N3O2S. The van der Waals surface area contributed by atoms with Gasteiger partial charge in [-0.1, -0.05) is 0 Å². The molecule has 1 saturated heterocycles. The lowest BCUT2D eigenvalue weighted by molar-refractivity contribution is -0.148. The van der Waals surface area contributed by atoms with E-state index in [2.05, 4.69) is 10.3 Å². The Labute approximate surface area is 104 Å². The SMILES string of the molecule is CC1(C)NC(=O)CN(CCc2nccs2)C1=O. The summed E-state index contributed by atoms with van der Waals surface area (Å²) in [6, 6.07) is 0. The maximum atomic E-state index is 12.0. The van der Waals surface area contributed by atoms with E-state index in [0.717, 1.165) is 5.01 Å². The Morgan fingerprint density at radius 1 is 1.53 bits per heavy atom. The van der Waals surface area contributed by atoms with E-state index in [-0.39, 0.29) is 18.4 Å². The largest absolute Gasteiger partial charge is 0.341 e. The van der Waals surface area contributed by atoms with Crippen molar-refractivity contribution in [1.82, 2.24) is 15.2 Å². The van der Waals surface area contributed by atoms with Crippen molar-refractivity contribution in [2.24, 2.45) is 0 Å². The second kappa shape index (κ2) is 4.44. The summed E-state index contributed by atoms with van der Waals surface area (Å²) in [5.74, 6) is -0.137. The Kier molecular flexibility index (Phi) is 3.15. The van der Waals surface area contributed by atoms with Gasteiger partial charge in [-0.2, -0.15) is 0 Å². The van der Waals surface area contributed by atoms with Gasteiger partial charge in [0, 0.05) is 24.5 Å². The van der Waals surface area contributed by atoms with Crippen LogP contribution in [0.3, 0.4) is 0 Å². The molecule has 2 heterocycles. The molecule has 6 heteroatoms. The van der Waals surface area contributed by atoms with Crippen LogP contribution in [0.1, 0.15) is 18.9 Å². The molecule has 0 atom stereocenters. The molecular weight excluding hydrogens is 238 g/mol. The Bertz CT molecular complexity index is 428. The molecule has 1 aromatic rings. The maximum absolute atomic E-state index is 12.0. The molecule has 0 unspecified atom stereocenters. The van der Waals surface area contributed by atoms with Crippen LogP contribution in [0.5, 0.6) is 0 Å². The number of amides is 2. The number of nitrogens with zero attached hydrogens (tertiary/aromatic N) is 2. The van der Waals surface area contributed by atoms with Gasteiger partial charge in [0.15, 0.2) is 0 Å². The Morgan fingerprint density at radius 3 is 2.94 bits per heavy atom. The van der Waals surface area contributed by atoms with Crippen molar-refractivity contribution in [3.8, 4) is 0 Å². The van der Waals surface area contributed by atoms with Gasteiger partial charge in [-0.05, 0) is 13.8 Å². The zero-order valence-electron chi connectivity index (χ0n) is 9.90. The number of carbonyl (C=O) groups is 2. The first-order chi connectivity index (χ1) is 7.99. The molecule has 1 aliphatic heterocycles. The molecule has 1 aromatic heterocycles. The van der Waals surface area contributed by atoms with Crippen LogP contribution in [0.15, 0.2) is 11.6 Å². The van der Waals surface area contributed by atoms with E-state index >= 15 is 0 Å². The highest BCUT2D eigenvalue weighted by Gasteiger charge is 2.38. The highest BCUT2D eigenvalue weighted by molar-refractivity contribution is 7.09. The first-order valence-corrected chi connectivity index (χ1v) is 6.36. The van der Waals surface area contributed by atoms with Crippen LogP contribution in [-0.2, 0) is 16.0 Å². The van der Waals surface area contributed by atoms with Crippen molar-refractivity contribution < 1.29 is 9.59 Å². The second-order valence-electron chi connectivity index (χ2n) is 4.58. The summed E-state index contributed by atoms with van der Waals surface area (Å²) in [5.41, 5.74) is -0.793. The van der Waals surface area contributed by atoms with Crippen molar-refractivity contribution in [2.45, 2.75) is 25.8 Å². The summed E-state index contributed by atoms with van der Waals surface area (Å²) in [6.07, 6.45) is 2.45. The number of aromatic nitrogens is 1. The molecule has 0 aliphatic carbocycles. The first-order valence-electron chi connectivity index (χ1n) is 5.48. The van der Waals surface area contributed by atoms with Gasteiger partial charge in [-0.15, -0.1) is 11.3 Å². The molecule has 0 radical (unpaired) electrons. The molecule has 1 N–H and O–H groups in total. The van der Waals surface area contributed by atoms with E-state index in [1.807, 2.05) is 5.38 Å². The van der Waals surface area contributed by atoms with Crippen LogP contribution < -0.4 is 5.32 Å². The van der Waals surface area contributed by atoms with Crippen LogP contribution in [-0.4, -0.2) is 40.3 Å². The molecule has 0 saturated carbocycles. The van der Waals surface area contributed by atoms with Crippen molar-refractivity contribution in [1.29, 1.82) is 0 Å². The van der Waals surface area contributed by atoms with Gasteiger partial charge >= 0.3 is 0 Å². The maximum Gasteiger partial charge on any atom is 0.248 e. The molecule has 92 valence electrons. The van der Waals surface area contributed by atoms with Gasteiger partial charge in [-0.25, -0.2) is 4.98 Å². The molecule has 1 fully saturated rings. The Hall–Kier alpha value is -1.43. The van der Waals surface area contributed by atoms with E-state index < -0.39 is 5.54 Å². The monoisotopic (exact) mass is 253 g/mol. The summed E-state index contributed by atoms with van der Waals surface area (Å²) in [5, 5.41) is 5.58. The summed E-state index contributed by atoms with van der Waals surface area (Å²) in [4.78, 5) is 29.3. The second-order valence-corrected chi connectivity index (χ2v) is 5.55. The van der Waals surface area contributed by atoms with E-state index in [9.17, 15) is 9.59 Å². The lowest BCUT2D eigenvalue weighted by Crippen LogP contribution is -2.64. The standard InChI is InChI=1S/C11H15N3O2S/c1-11(2)10(16)14(7-8(15)13-11)5-3-9-12-4-6-17-9/h4,6H,3,5,7H2,1-2H3,(H,13,15). The highest BCUT2D eigenvalue weighted by atomic mass is 32.1. The third kappa shape index (κ3) is 2.63. The van der Waals surface area contributed by atoms with Gasteiger partial charge in [0.2, 0.25) is 11.8 Å². The number of hydrogen-bond acceptors (Lipinski definition) is 4. The first kappa shape index (κ1) is 12.0. The predicted molar refractivity (Wildman–Crippen MR) is 64.6 cm³/mol. The molecule has 0 spiro atoms. The fourth-order valence-electron chi connectivity index (χ4n) is 1.87. The van der Waals surface area contributed by atoms with Gasteiger partial charge < -0.3 is 10.2 Å². The zero-order valence-corrected chi connectivity index (χ0v) is 10.7. The van der Waals surface area contributed by atoms with Crippen LogP contribution in [0.2, 0.25) is 0 Å². The van der Waals surface area contributed by atoms with Crippen LogP contribution in [0.4, 0.5) is 0 Å². The lowest BCUT2D eigenvalue weighted by atomic mass is 10.0. The van der Waals surface area contributed by atoms with Crippen molar-refractivity contribution in [2.75, 3.05) is 13.1 Å². The molecule has 5 nitrogen and oxygen atoms in total. The van der Waals surface area contributed by atoms with E-state index in [0.29, 0.717) is 13.0 Å². The molecule has 1 aliphatic rings. The fourth-order valence-corrected chi connectivity index (χ4v) is 2.48. The minimum absolute atomic E-state index is 0.0337. The van der Waals surface area contributed by atoms with Gasteiger partial charge in [0.05, 0.1) is 11.6 Å². The van der Waals surface area contributed by atoms with Gasteiger partial charge in [0.25, 0.3) is 0 Å². The highest BCUT2D eigenvalue weighted by Crippen LogP contribution is 2.14. The minimum Gasteiger partial charge on any atom is -0.341 e. The Morgan fingerprint density at radius 2 is 2.29 bits per heavy atom. The summed E-state index contributed by atoms with van der Waals surface area (Å²) >= 11 is 1.56. The van der Waals surface area contributed by atoms with Gasteiger partial charge in [0.1, 0.15) is 5.54 Å². The predicted octanol–water partition coefficient (Wildman–Crippen LogP) is 0.423. The normalized spacial score (nSPS) is 19.3. The smallest absolute Gasteiger partial charge is 0.248 e. The zero-order chi connectivity index (χ0) is 12.5. The minimum atomic E-state index is -0.793. The molecule has 2 amide bonds. The molecule has 2 rings (SSSR count). The summed E-state index contributed by atoms with van der Waals surface area (Å²) < 4.78 is 0. The number of piperazine rings is 1. The molecule has 0 bridgehead atoms. The Balaban J connectivity index is 2.00. The summed E-state index contributed by atoms with van der Waals surface area (Å²) in [6.45, 7) is 4.14. The van der Waals surface area contributed by atoms with E-state index in [1.165, 1.54) is 0 Å². The fraction of sp³-hybridized carbons (Fsp3) is 0.545. The van der Waals surface area contributed by atoms with Crippen molar-refractivity contribution >= 4 is 23.2 Å². The third-order valence-electron chi connectivity index (χ3n) is 2.69. The van der Waals surface area contributed by atoms with Crippen LogP contribution in [0.25, 0.3) is 0 Å². The topological polar surface area (TPSA) is 62.3 Å². The van der Waals surface area contributed by atoms with Crippen LogP contribution in [0, 0.1) is 0 Å². The quantitative estimate of drug-likeness (QED) is 0.849. The number of carbonyl (C=O) groups excluding carboxylic acids is 2. The summed E-state index contributed by atoms with van der Waals surface area (Å²) in [7, 11) is 0. The van der Waals surface area contributed by atoms with Gasteiger partial charge in [-0.3, -0.25) is 9.59 Å². The number of thiazole rings is 1. The van der Waals surface area contributed by atoms with Crippen molar-refractivity contribution in [3.05, 3.63) is 16.6 Å². The van der Waals surface area contributed by atoms with Crippen LogP contribution >= 0.6 is 11.3 Å². The molecule has 17 heavy (non-hydrogen) atoms. The number of nitrogens with one attached hydrogen (secondary N) is 1. The number of hydrogen-bond donors (Lipinski definition) is 1.